The van der Waals surface area contributed by atoms with Crippen molar-refractivity contribution in [2.45, 2.75) is 56.9 Å². The molecule has 0 aromatic carbocycles. The van der Waals surface area contributed by atoms with Crippen LogP contribution >= 0.6 is 0 Å². The van der Waals surface area contributed by atoms with Gasteiger partial charge in [-0.3, -0.25) is 9.80 Å². The van der Waals surface area contributed by atoms with Crippen molar-refractivity contribution in [3.63, 3.8) is 0 Å². The molecule has 0 spiro atoms. The zero-order valence-electron chi connectivity index (χ0n) is 13.1. The summed E-state index contributed by atoms with van der Waals surface area (Å²) >= 11 is 0. The molecular formula is C15H31BN2. The lowest BCUT2D eigenvalue weighted by atomic mass is 9.60. The Morgan fingerprint density at radius 2 is 1.89 bits per heavy atom. The number of rotatable bonds is 1. The fraction of sp³-hybridized carbons (Fsp3) is 1.00. The average Bonchev–Trinajstić information content (AvgIpc) is 2.25. The monoisotopic (exact) mass is 250 g/mol. The SMILES string of the molecule is BC1(C)CCCC2C(CCN(C)C2N(C)C)CC1. The predicted octanol–water partition coefficient (Wildman–Crippen LogP) is 2.22. The van der Waals surface area contributed by atoms with Crippen molar-refractivity contribution in [3.05, 3.63) is 0 Å². The third-order valence-electron chi connectivity index (χ3n) is 5.40. The van der Waals surface area contributed by atoms with Crippen LogP contribution in [0.4, 0.5) is 0 Å². The Labute approximate surface area is 115 Å². The number of likely N-dealkylation sites (tertiary alicyclic amines) is 1. The van der Waals surface area contributed by atoms with E-state index in [1.807, 2.05) is 0 Å². The van der Waals surface area contributed by atoms with E-state index in [2.05, 4.69) is 45.7 Å². The maximum atomic E-state index is 2.58. The average molecular weight is 250 g/mol. The first kappa shape index (κ1) is 14.4. The molecule has 2 fully saturated rings. The van der Waals surface area contributed by atoms with Crippen molar-refractivity contribution < 1.29 is 0 Å². The van der Waals surface area contributed by atoms with Crippen molar-refractivity contribution in [2.75, 3.05) is 27.7 Å². The highest BCUT2D eigenvalue weighted by molar-refractivity contribution is 6.14. The van der Waals surface area contributed by atoms with Crippen LogP contribution in [0.25, 0.3) is 0 Å². The smallest absolute Gasteiger partial charge is 0.109 e. The molecule has 0 aromatic rings. The standard InChI is InChI=1S/C15H31BN2/c1-15(16)9-5-6-13-12(7-10-15)8-11-18(4)14(13)17(2)3/h12-14H,5-11,16H2,1-4H3. The van der Waals surface area contributed by atoms with E-state index in [-0.39, 0.29) is 0 Å². The number of fused-ring (bicyclic) bond motifs is 1. The van der Waals surface area contributed by atoms with Crippen LogP contribution in [0.5, 0.6) is 0 Å². The van der Waals surface area contributed by atoms with Crippen LogP contribution in [0, 0.1) is 11.8 Å². The van der Waals surface area contributed by atoms with Gasteiger partial charge >= 0.3 is 0 Å². The Hall–Kier alpha value is -0.0151. The van der Waals surface area contributed by atoms with Crippen molar-refractivity contribution in [1.29, 1.82) is 0 Å². The van der Waals surface area contributed by atoms with Crippen molar-refractivity contribution in [3.8, 4) is 0 Å². The van der Waals surface area contributed by atoms with Crippen LogP contribution in [-0.2, 0) is 0 Å². The van der Waals surface area contributed by atoms with Gasteiger partial charge in [0.1, 0.15) is 7.85 Å². The summed E-state index contributed by atoms with van der Waals surface area (Å²) in [6.07, 6.45) is 9.24. The maximum Gasteiger partial charge on any atom is 0.109 e. The van der Waals surface area contributed by atoms with Crippen LogP contribution < -0.4 is 0 Å². The predicted molar refractivity (Wildman–Crippen MR) is 81.7 cm³/mol. The highest BCUT2D eigenvalue weighted by atomic mass is 15.3. The van der Waals surface area contributed by atoms with Crippen LogP contribution in [0.1, 0.15) is 45.4 Å². The zero-order valence-corrected chi connectivity index (χ0v) is 13.1. The van der Waals surface area contributed by atoms with E-state index in [0.717, 1.165) is 11.8 Å². The molecule has 1 saturated carbocycles. The van der Waals surface area contributed by atoms with Gasteiger partial charge in [-0.15, -0.1) is 0 Å². The first-order chi connectivity index (χ1) is 8.41. The molecule has 0 aromatic heterocycles. The van der Waals surface area contributed by atoms with Crippen molar-refractivity contribution >= 4 is 7.85 Å². The zero-order chi connectivity index (χ0) is 13.3. The topological polar surface area (TPSA) is 6.48 Å². The molecular weight excluding hydrogens is 219 g/mol. The Morgan fingerprint density at radius 1 is 1.17 bits per heavy atom. The molecule has 104 valence electrons. The summed E-state index contributed by atoms with van der Waals surface area (Å²) in [6, 6.07) is 0. The molecule has 0 amide bonds. The van der Waals surface area contributed by atoms with Crippen molar-refractivity contribution in [1.82, 2.24) is 9.80 Å². The van der Waals surface area contributed by atoms with Crippen molar-refractivity contribution in [2.24, 2.45) is 11.8 Å². The molecule has 0 N–H and O–H groups in total. The maximum absolute atomic E-state index is 2.58. The molecule has 0 radical (unpaired) electrons. The third kappa shape index (κ3) is 3.11. The van der Waals surface area contributed by atoms with Gasteiger partial charge in [0.15, 0.2) is 0 Å². The summed E-state index contributed by atoms with van der Waals surface area (Å²) in [5.41, 5.74) is 0. The second kappa shape index (κ2) is 5.54. The molecule has 2 rings (SSSR count). The van der Waals surface area contributed by atoms with Gasteiger partial charge in [-0.2, -0.15) is 0 Å². The molecule has 3 heteroatoms. The Bertz CT molecular complexity index is 278. The first-order valence-electron chi connectivity index (χ1n) is 7.77. The molecule has 4 atom stereocenters. The normalized spacial score (nSPS) is 43.3. The Morgan fingerprint density at radius 3 is 2.56 bits per heavy atom. The molecule has 2 aliphatic rings. The summed E-state index contributed by atoms with van der Waals surface area (Å²) in [6.45, 7) is 3.75. The minimum Gasteiger partial charge on any atom is -0.294 e. The van der Waals surface area contributed by atoms with Gasteiger partial charge in [0.25, 0.3) is 0 Å². The van der Waals surface area contributed by atoms with Crippen LogP contribution in [0.2, 0.25) is 5.31 Å². The summed E-state index contributed by atoms with van der Waals surface area (Å²) in [4.78, 5) is 5.03. The van der Waals surface area contributed by atoms with E-state index in [1.165, 1.54) is 45.1 Å². The molecule has 2 nitrogen and oxygen atoms in total. The van der Waals surface area contributed by atoms with Gasteiger partial charge in [0, 0.05) is 0 Å². The Balaban J connectivity index is 2.09. The summed E-state index contributed by atoms with van der Waals surface area (Å²) in [5.74, 6) is 1.86. The van der Waals surface area contributed by atoms with Gasteiger partial charge in [-0.25, -0.2) is 0 Å². The molecule has 1 aliphatic carbocycles. The molecule has 4 unspecified atom stereocenters. The molecule has 18 heavy (non-hydrogen) atoms. The highest BCUT2D eigenvalue weighted by Crippen LogP contribution is 2.44. The lowest BCUT2D eigenvalue weighted by Gasteiger charge is -2.49. The lowest BCUT2D eigenvalue weighted by Crippen LogP contribution is -2.54. The van der Waals surface area contributed by atoms with Crippen LogP contribution in [0.3, 0.4) is 0 Å². The van der Waals surface area contributed by atoms with E-state index >= 15 is 0 Å². The van der Waals surface area contributed by atoms with E-state index < -0.39 is 0 Å². The van der Waals surface area contributed by atoms with E-state index in [9.17, 15) is 0 Å². The third-order valence-corrected chi connectivity index (χ3v) is 5.40. The van der Waals surface area contributed by atoms with Crippen LogP contribution in [-0.4, -0.2) is 51.5 Å². The second-order valence-electron chi connectivity index (χ2n) is 7.67. The van der Waals surface area contributed by atoms with E-state index in [4.69, 9.17) is 0 Å². The number of piperidine rings is 1. The molecule has 1 saturated heterocycles. The van der Waals surface area contributed by atoms with E-state index in [1.54, 1.807) is 0 Å². The largest absolute Gasteiger partial charge is 0.294 e. The molecule has 1 heterocycles. The number of nitrogens with zero attached hydrogens (tertiary/aromatic N) is 2. The van der Waals surface area contributed by atoms with Crippen LogP contribution in [0.15, 0.2) is 0 Å². The minimum atomic E-state index is 0.585. The summed E-state index contributed by atoms with van der Waals surface area (Å²) in [7, 11) is 9.29. The quantitative estimate of drug-likeness (QED) is 0.658. The molecule has 0 bridgehead atoms. The minimum absolute atomic E-state index is 0.585. The summed E-state index contributed by atoms with van der Waals surface area (Å²) in [5, 5.41) is 0.585. The van der Waals surface area contributed by atoms with Gasteiger partial charge in [0.2, 0.25) is 0 Å². The fourth-order valence-corrected chi connectivity index (χ4v) is 4.32. The van der Waals surface area contributed by atoms with E-state index in [0.29, 0.717) is 11.5 Å². The fourth-order valence-electron chi connectivity index (χ4n) is 4.32. The Kier molecular flexibility index (Phi) is 4.43. The lowest BCUT2D eigenvalue weighted by molar-refractivity contribution is -0.0273. The molecule has 1 aliphatic heterocycles. The second-order valence-corrected chi connectivity index (χ2v) is 7.67. The van der Waals surface area contributed by atoms with Gasteiger partial charge < -0.3 is 0 Å². The van der Waals surface area contributed by atoms with Gasteiger partial charge in [-0.05, 0) is 52.4 Å². The number of hydrogen-bond donors (Lipinski definition) is 0. The number of hydrogen-bond acceptors (Lipinski definition) is 2. The first-order valence-corrected chi connectivity index (χ1v) is 7.77. The van der Waals surface area contributed by atoms with Gasteiger partial charge in [-0.1, -0.05) is 37.9 Å². The summed E-state index contributed by atoms with van der Waals surface area (Å²) < 4.78 is 0. The van der Waals surface area contributed by atoms with Gasteiger partial charge in [0.05, 0.1) is 6.17 Å². The highest BCUT2D eigenvalue weighted by Gasteiger charge is 2.39.